The first kappa shape index (κ1) is 7.03. The molecule has 0 aliphatic heterocycles. The van der Waals surface area contributed by atoms with Gasteiger partial charge in [-0.1, -0.05) is 45.4 Å². The second kappa shape index (κ2) is 3.18. The van der Waals surface area contributed by atoms with Crippen molar-refractivity contribution in [3.8, 4) is 0 Å². The van der Waals surface area contributed by atoms with Gasteiger partial charge in [-0.3, -0.25) is 0 Å². The van der Waals surface area contributed by atoms with Crippen molar-refractivity contribution in [2.45, 2.75) is 5.33 Å². The molecule has 0 saturated heterocycles. The summed E-state index contributed by atoms with van der Waals surface area (Å²) >= 11 is 3.43. The Hall–Kier alpha value is -0.0831. The van der Waals surface area contributed by atoms with Gasteiger partial charge in [-0.15, -0.1) is 0 Å². The summed E-state index contributed by atoms with van der Waals surface area (Å²) in [6.45, 7) is 0. The molecule has 0 aliphatic carbocycles. The predicted octanol–water partition coefficient (Wildman–Crippen LogP) is 0.572. The van der Waals surface area contributed by atoms with Gasteiger partial charge >= 0.3 is 0 Å². The maximum absolute atomic E-state index is 3.43. The lowest BCUT2D eigenvalue weighted by atomic mass is 10.2. The predicted molar refractivity (Wildman–Crippen MR) is 48.6 cm³/mol. The molecular formula is C7H9BrSi. The number of rotatable bonds is 1. The maximum Gasteiger partial charge on any atom is 0.0388 e. The van der Waals surface area contributed by atoms with Crippen LogP contribution in [0.2, 0.25) is 0 Å². The molecule has 0 nitrogen and oxygen atoms in total. The summed E-state index contributed by atoms with van der Waals surface area (Å²) < 4.78 is 0. The second-order valence-electron chi connectivity index (χ2n) is 2.06. The van der Waals surface area contributed by atoms with Gasteiger partial charge in [0.1, 0.15) is 0 Å². The third-order valence-corrected chi connectivity index (χ3v) is 2.98. The van der Waals surface area contributed by atoms with Crippen molar-refractivity contribution in [1.82, 2.24) is 0 Å². The molecule has 0 heterocycles. The maximum atomic E-state index is 3.43. The highest BCUT2D eigenvalue weighted by Gasteiger charge is 1.90. The third kappa shape index (κ3) is 1.66. The summed E-state index contributed by atoms with van der Waals surface area (Å²) in [5.41, 5.74) is 1.43. The summed E-state index contributed by atoms with van der Waals surface area (Å²) in [5, 5.41) is 2.49. The number of benzene rings is 1. The molecule has 0 radical (unpaired) electrons. The van der Waals surface area contributed by atoms with E-state index in [9.17, 15) is 0 Å². The SMILES string of the molecule is [SiH3]c1ccccc1CBr. The van der Waals surface area contributed by atoms with Crippen LogP contribution < -0.4 is 5.19 Å². The van der Waals surface area contributed by atoms with Crippen LogP contribution in [0.1, 0.15) is 5.56 Å². The van der Waals surface area contributed by atoms with E-state index in [1.54, 1.807) is 0 Å². The smallest absolute Gasteiger partial charge is 0.0388 e. The third-order valence-electron chi connectivity index (χ3n) is 1.41. The van der Waals surface area contributed by atoms with Gasteiger partial charge in [-0.25, -0.2) is 0 Å². The largest absolute Gasteiger partial charge is 0.0876 e. The van der Waals surface area contributed by atoms with E-state index in [0.29, 0.717) is 0 Å². The van der Waals surface area contributed by atoms with E-state index in [1.807, 2.05) is 0 Å². The Kier molecular flexibility index (Phi) is 2.48. The molecule has 0 fully saturated rings. The van der Waals surface area contributed by atoms with E-state index in [0.717, 1.165) is 15.6 Å². The van der Waals surface area contributed by atoms with Gasteiger partial charge in [-0.2, -0.15) is 0 Å². The molecule has 0 aliphatic rings. The van der Waals surface area contributed by atoms with Gasteiger partial charge < -0.3 is 0 Å². The van der Waals surface area contributed by atoms with E-state index in [1.165, 1.54) is 10.8 Å². The first-order valence-corrected chi connectivity index (χ1v) is 5.07. The molecule has 1 aromatic rings. The summed E-state index contributed by atoms with van der Waals surface area (Å²) in [6.07, 6.45) is 0. The zero-order valence-corrected chi connectivity index (χ0v) is 8.98. The van der Waals surface area contributed by atoms with Crippen molar-refractivity contribution in [1.29, 1.82) is 0 Å². The molecule has 0 atom stereocenters. The Morgan fingerprint density at radius 3 is 2.44 bits per heavy atom. The zero-order chi connectivity index (χ0) is 6.69. The van der Waals surface area contributed by atoms with E-state index in [2.05, 4.69) is 40.2 Å². The Balaban J connectivity index is 3.01. The van der Waals surface area contributed by atoms with E-state index >= 15 is 0 Å². The van der Waals surface area contributed by atoms with Crippen LogP contribution in [0.3, 0.4) is 0 Å². The monoisotopic (exact) mass is 200 g/mol. The van der Waals surface area contributed by atoms with Crippen molar-refractivity contribution in [2.75, 3.05) is 0 Å². The van der Waals surface area contributed by atoms with Crippen molar-refractivity contribution < 1.29 is 0 Å². The van der Waals surface area contributed by atoms with E-state index < -0.39 is 0 Å². The van der Waals surface area contributed by atoms with E-state index in [4.69, 9.17) is 0 Å². The lowest BCUT2D eigenvalue weighted by Crippen LogP contribution is -2.06. The molecule has 9 heavy (non-hydrogen) atoms. The first-order chi connectivity index (χ1) is 4.34. The average Bonchev–Trinajstić information content (AvgIpc) is 1.89. The van der Waals surface area contributed by atoms with Crippen molar-refractivity contribution in [2.24, 2.45) is 0 Å². The molecule has 0 saturated carbocycles. The van der Waals surface area contributed by atoms with Crippen LogP contribution in [0, 0.1) is 0 Å². The van der Waals surface area contributed by atoms with Crippen LogP contribution in [0.5, 0.6) is 0 Å². The highest BCUT2D eigenvalue weighted by Crippen LogP contribution is 1.99. The molecule has 48 valence electrons. The molecule has 2 heteroatoms. The van der Waals surface area contributed by atoms with Crippen molar-refractivity contribution in [3.05, 3.63) is 29.8 Å². The molecule has 1 rings (SSSR count). The molecule has 0 aromatic heterocycles. The fraction of sp³-hybridized carbons (Fsp3) is 0.143. The van der Waals surface area contributed by atoms with Crippen LogP contribution in [-0.2, 0) is 5.33 Å². The Morgan fingerprint density at radius 2 is 2.00 bits per heavy atom. The van der Waals surface area contributed by atoms with Crippen LogP contribution in [0.4, 0.5) is 0 Å². The summed E-state index contributed by atoms with van der Waals surface area (Å²) in [7, 11) is 1.16. The topological polar surface area (TPSA) is 0 Å². The number of hydrogen-bond acceptors (Lipinski definition) is 0. The quantitative estimate of drug-likeness (QED) is 0.460. The van der Waals surface area contributed by atoms with Gasteiger partial charge in [0.2, 0.25) is 0 Å². The van der Waals surface area contributed by atoms with Crippen LogP contribution in [0.15, 0.2) is 24.3 Å². The minimum atomic E-state index is 0.993. The molecule has 0 spiro atoms. The summed E-state index contributed by atoms with van der Waals surface area (Å²) in [6, 6.07) is 8.52. The van der Waals surface area contributed by atoms with Crippen LogP contribution in [-0.4, -0.2) is 10.2 Å². The average molecular weight is 201 g/mol. The Morgan fingerprint density at radius 1 is 1.33 bits per heavy atom. The summed E-state index contributed by atoms with van der Waals surface area (Å²) in [4.78, 5) is 0. The number of alkyl halides is 1. The minimum absolute atomic E-state index is 0.993. The molecule has 0 amide bonds. The Bertz CT molecular complexity index is 198. The van der Waals surface area contributed by atoms with Gasteiger partial charge in [0, 0.05) is 15.6 Å². The second-order valence-corrected chi connectivity index (χ2v) is 3.70. The zero-order valence-electron chi connectivity index (χ0n) is 5.39. The fourth-order valence-electron chi connectivity index (χ4n) is 0.760. The van der Waals surface area contributed by atoms with Crippen LogP contribution >= 0.6 is 15.9 Å². The van der Waals surface area contributed by atoms with Crippen molar-refractivity contribution >= 4 is 31.4 Å². The van der Waals surface area contributed by atoms with Gasteiger partial charge in [0.25, 0.3) is 0 Å². The highest BCUT2D eigenvalue weighted by atomic mass is 79.9. The minimum Gasteiger partial charge on any atom is -0.0876 e. The lowest BCUT2D eigenvalue weighted by molar-refractivity contribution is 1.48. The first-order valence-electron chi connectivity index (χ1n) is 2.95. The molecule has 0 bridgehead atoms. The van der Waals surface area contributed by atoms with Crippen LogP contribution in [0.25, 0.3) is 0 Å². The highest BCUT2D eigenvalue weighted by molar-refractivity contribution is 9.08. The van der Waals surface area contributed by atoms with Gasteiger partial charge in [0.15, 0.2) is 0 Å². The van der Waals surface area contributed by atoms with Crippen molar-refractivity contribution in [3.63, 3.8) is 0 Å². The molecule has 0 unspecified atom stereocenters. The Labute approximate surface area is 66.8 Å². The summed E-state index contributed by atoms with van der Waals surface area (Å²) in [5.74, 6) is 0. The number of hydrogen-bond donors (Lipinski definition) is 0. The number of halogens is 1. The fourth-order valence-corrected chi connectivity index (χ4v) is 2.44. The normalized spacial score (nSPS) is 9.89. The molecule has 0 N–H and O–H groups in total. The van der Waals surface area contributed by atoms with Gasteiger partial charge in [-0.05, 0) is 5.56 Å². The molecular weight excluding hydrogens is 192 g/mol. The van der Waals surface area contributed by atoms with Gasteiger partial charge in [0.05, 0.1) is 0 Å². The standard InChI is InChI=1S/C7H9BrSi/c8-5-6-3-1-2-4-7(6)9/h1-4H,5H2,9H3. The lowest BCUT2D eigenvalue weighted by Gasteiger charge is -1.97. The molecule has 1 aromatic carbocycles. The van der Waals surface area contributed by atoms with E-state index in [-0.39, 0.29) is 0 Å².